The summed E-state index contributed by atoms with van der Waals surface area (Å²) in [5, 5.41) is 2.37. The second-order valence-electron chi connectivity index (χ2n) is 13.4. The Labute approximate surface area is 267 Å². The van der Waals surface area contributed by atoms with Crippen LogP contribution in [0.2, 0.25) is 0 Å². The summed E-state index contributed by atoms with van der Waals surface area (Å²) in [6.45, 7) is 9.38. The molecule has 2 aliphatic rings. The van der Waals surface area contributed by atoms with Crippen molar-refractivity contribution in [3.8, 4) is 11.5 Å². The van der Waals surface area contributed by atoms with Gasteiger partial charge in [-0.05, 0) is 60.7 Å². The minimum absolute atomic E-state index is 0.175. The van der Waals surface area contributed by atoms with E-state index in [-0.39, 0.29) is 10.8 Å². The number of hydrogen-bond donors (Lipinski definition) is 0. The van der Waals surface area contributed by atoms with E-state index in [1.807, 2.05) is 0 Å². The number of rotatable bonds is 6. The molecule has 1 spiro atoms. The average Bonchev–Trinajstić information content (AvgIpc) is 3.83. The Balaban J connectivity index is 1.29. The van der Waals surface area contributed by atoms with Gasteiger partial charge in [0, 0.05) is 84.4 Å². The zero-order valence-electron chi connectivity index (χ0n) is 26.1. The van der Waals surface area contributed by atoms with Crippen molar-refractivity contribution in [2.24, 2.45) is 0 Å². The first kappa shape index (κ1) is 28.5. The molecule has 0 unspecified atom stereocenters. The maximum absolute atomic E-state index is 7.37. The van der Waals surface area contributed by atoms with E-state index in [1.54, 1.807) is 0 Å². The van der Waals surface area contributed by atoms with Gasteiger partial charge < -0.3 is 26.8 Å². The first-order chi connectivity index (χ1) is 21.7. The minimum Gasteiger partial charge on any atom is -0.451 e. The highest BCUT2D eigenvalue weighted by Gasteiger charge is 2.54. The van der Waals surface area contributed by atoms with E-state index in [9.17, 15) is 0 Å². The number of aromatic nitrogens is 4. The van der Waals surface area contributed by atoms with Crippen molar-refractivity contribution in [2.45, 2.75) is 57.2 Å². The molecule has 6 aromatic rings. The van der Waals surface area contributed by atoms with Crippen molar-refractivity contribution >= 4 is 27.1 Å². The molecule has 0 aliphatic carbocycles. The molecule has 8 heteroatoms. The maximum Gasteiger partial charge on any atom is 0.253 e. The van der Waals surface area contributed by atoms with E-state index in [2.05, 4.69) is 180 Å². The van der Waals surface area contributed by atoms with Gasteiger partial charge in [0.05, 0.1) is 10.6 Å². The van der Waals surface area contributed by atoms with Gasteiger partial charge in [0.15, 0.2) is 0 Å². The van der Waals surface area contributed by atoms with Crippen LogP contribution in [0.15, 0.2) is 135 Å². The molecule has 0 amide bonds. The molecule has 0 fully saturated rings. The van der Waals surface area contributed by atoms with Crippen molar-refractivity contribution < 1.29 is 9.47 Å². The highest BCUT2D eigenvalue weighted by atomic mass is 31.1. The Morgan fingerprint density at radius 1 is 0.467 bits per heavy atom. The van der Waals surface area contributed by atoms with Crippen LogP contribution in [0.25, 0.3) is 0 Å². The van der Waals surface area contributed by atoms with Gasteiger partial charge in [-0.15, -0.1) is 0 Å². The van der Waals surface area contributed by atoms with Gasteiger partial charge in [-0.1, -0.05) is 52.0 Å². The Kier molecular flexibility index (Phi) is 6.68. The Morgan fingerprint density at radius 3 is 1.09 bits per heavy atom. The van der Waals surface area contributed by atoms with Crippen molar-refractivity contribution in [3.05, 3.63) is 146 Å². The lowest BCUT2D eigenvalue weighted by Crippen LogP contribution is -2.57. The number of nitrogens with zero attached hydrogens (tertiary/aromatic N) is 4. The Morgan fingerprint density at radius 2 is 0.778 bits per heavy atom. The molecular weight excluding hydrogens is 594 g/mol. The summed E-state index contributed by atoms with van der Waals surface area (Å²) in [6, 6.07) is 30.1. The van der Waals surface area contributed by atoms with Gasteiger partial charge >= 0.3 is 0 Å². The van der Waals surface area contributed by atoms with Gasteiger partial charge in [0.2, 0.25) is 0 Å². The molecule has 45 heavy (non-hydrogen) atoms. The van der Waals surface area contributed by atoms with Crippen LogP contribution in [-0.2, 0) is 10.8 Å². The molecule has 0 saturated heterocycles. The van der Waals surface area contributed by atoms with Crippen molar-refractivity contribution in [1.82, 2.24) is 17.4 Å². The average molecular weight is 633 g/mol. The molecule has 0 bridgehead atoms. The highest BCUT2D eigenvalue weighted by molar-refractivity contribution is 7.63. The summed E-state index contributed by atoms with van der Waals surface area (Å²) in [5.74, 6) is 1.08. The van der Waals surface area contributed by atoms with Crippen LogP contribution in [0.3, 0.4) is 0 Å². The third-order valence-corrected chi connectivity index (χ3v) is 13.5. The fraction of sp³-hybridized carbons (Fsp3) is 0.243. The quantitative estimate of drug-likeness (QED) is 0.173. The number of para-hydroxylation sites is 2. The highest BCUT2D eigenvalue weighted by Crippen LogP contribution is 2.56. The standard InChI is InChI=1S/C37H38N4O2P2/c1-35(2)27-37(42-33-29(35)15-13-17-31(33)44(38-19-5-6-20-38)39-21-7-8-22-39)28-36(3,4)30-16-14-18-32(34(30)43-37)45(40-23-9-10-24-40)41-25-11-12-26-41/h5-26H,27-28H2,1-4H3. The van der Waals surface area contributed by atoms with Crippen LogP contribution in [0, 0.1) is 0 Å². The maximum atomic E-state index is 7.37. The van der Waals surface area contributed by atoms with Crippen LogP contribution in [0.1, 0.15) is 51.7 Å². The van der Waals surface area contributed by atoms with Crippen molar-refractivity contribution in [3.63, 3.8) is 0 Å². The van der Waals surface area contributed by atoms with E-state index >= 15 is 0 Å². The lowest BCUT2D eigenvalue weighted by atomic mass is 9.69. The normalized spacial score (nSPS) is 17.6. The van der Waals surface area contributed by atoms with Crippen LogP contribution in [0.4, 0.5) is 0 Å². The van der Waals surface area contributed by atoms with E-state index in [0.717, 1.165) is 24.3 Å². The molecule has 228 valence electrons. The van der Waals surface area contributed by atoms with Crippen LogP contribution >= 0.6 is 16.4 Å². The van der Waals surface area contributed by atoms with Crippen LogP contribution in [0.5, 0.6) is 11.5 Å². The van der Waals surface area contributed by atoms with Crippen molar-refractivity contribution in [1.29, 1.82) is 0 Å². The summed E-state index contributed by atoms with van der Waals surface area (Å²) < 4.78 is 24.0. The summed E-state index contributed by atoms with van der Waals surface area (Å²) in [6.07, 6.45) is 18.7. The van der Waals surface area contributed by atoms with E-state index in [4.69, 9.17) is 9.47 Å². The molecule has 4 aromatic heterocycles. The first-order valence-corrected chi connectivity index (χ1v) is 18.0. The lowest BCUT2D eigenvalue weighted by molar-refractivity contribution is -0.165. The molecule has 2 aromatic carbocycles. The fourth-order valence-electron chi connectivity index (χ4n) is 7.32. The predicted molar refractivity (Wildman–Crippen MR) is 185 cm³/mol. The van der Waals surface area contributed by atoms with E-state index in [1.165, 1.54) is 21.7 Å². The molecule has 6 nitrogen and oxygen atoms in total. The number of ether oxygens (including phenoxy) is 2. The SMILES string of the molecule is CC1(C)CC2(CC(C)(C)c3cccc(P(n4cccc4)n4cccc4)c3O2)Oc2c(P(n3cccc3)n3cccc3)cccc21. The lowest BCUT2D eigenvalue weighted by Gasteiger charge is -2.52. The molecule has 0 atom stereocenters. The fourth-order valence-corrected chi connectivity index (χ4v) is 11.6. The smallest absolute Gasteiger partial charge is 0.253 e. The zero-order chi connectivity index (χ0) is 30.8. The molecule has 0 saturated carbocycles. The van der Waals surface area contributed by atoms with Gasteiger partial charge in [0.1, 0.15) is 27.9 Å². The molecule has 6 heterocycles. The summed E-state index contributed by atoms with van der Waals surface area (Å²) in [4.78, 5) is 0. The third-order valence-electron chi connectivity index (χ3n) is 9.11. The monoisotopic (exact) mass is 632 g/mol. The van der Waals surface area contributed by atoms with Gasteiger partial charge in [-0.25, -0.2) is 0 Å². The number of hydrogen-bond acceptors (Lipinski definition) is 2. The van der Waals surface area contributed by atoms with Gasteiger partial charge in [0.25, 0.3) is 5.79 Å². The Hall–Kier alpha value is -3.98. The third kappa shape index (κ3) is 4.78. The largest absolute Gasteiger partial charge is 0.451 e. The van der Waals surface area contributed by atoms with Crippen LogP contribution in [-0.4, -0.2) is 23.1 Å². The van der Waals surface area contributed by atoms with E-state index < -0.39 is 22.2 Å². The topological polar surface area (TPSA) is 38.2 Å². The predicted octanol–water partition coefficient (Wildman–Crippen LogP) is 8.48. The Bertz CT molecular complexity index is 1710. The zero-order valence-corrected chi connectivity index (χ0v) is 27.9. The summed E-state index contributed by atoms with van der Waals surface area (Å²) >= 11 is 0. The molecule has 2 aliphatic heterocycles. The second kappa shape index (κ2) is 10.5. The molecule has 0 radical (unpaired) electrons. The van der Waals surface area contributed by atoms with Crippen molar-refractivity contribution in [2.75, 3.05) is 0 Å². The van der Waals surface area contributed by atoms with Gasteiger partial charge in [-0.2, -0.15) is 0 Å². The number of benzene rings is 2. The molecular formula is C37H38N4O2P2. The van der Waals surface area contributed by atoms with Crippen LogP contribution < -0.4 is 20.1 Å². The van der Waals surface area contributed by atoms with Gasteiger partial charge in [-0.3, -0.25) is 0 Å². The summed E-state index contributed by atoms with van der Waals surface area (Å²) in [5.41, 5.74) is 2.12. The second-order valence-corrected chi connectivity index (χ2v) is 17.3. The van der Waals surface area contributed by atoms with E-state index in [0.29, 0.717) is 0 Å². The molecule has 8 rings (SSSR count). The molecule has 0 N–H and O–H groups in total. The minimum atomic E-state index is -0.959. The summed E-state index contributed by atoms with van der Waals surface area (Å²) in [7, 11) is -1.92. The first-order valence-electron chi connectivity index (χ1n) is 15.5. The number of fused-ring (bicyclic) bond motifs is 2.